The van der Waals surface area contributed by atoms with Gasteiger partial charge in [-0.1, -0.05) is 17.3 Å². The highest BCUT2D eigenvalue weighted by atomic mass is 19.1. The first kappa shape index (κ1) is 17.8. The third-order valence-electron chi connectivity index (χ3n) is 4.41. The van der Waals surface area contributed by atoms with E-state index in [1.54, 1.807) is 12.5 Å². The molecule has 0 saturated heterocycles. The summed E-state index contributed by atoms with van der Waals surface area (Å²) in [5.74, 6) is -1.55. The SMILES string of the molecule is O=C(NCc1ccc(-n2ccnc2)cc1)C1CC(c2cc(F)ccc2F)=NO1. The Balaban J connectivity index is 1.33. The van der Waals surface area contributed by atoms with Crippen LogP contribution in [0, 0.1) is 11.6 Å². The van der Waals surface area contributed by atoms with Crippen LogP contribution in [-0.4, -0.2) is 27.3 Å². The van der Waals surface area contributed by atoms with Crippen molar-refractivity contribution >= 4 is 11.6 Å². The molecule has 142 valence electrons. The van der Waals surface area contributed by atoms with Crippen molar-refractivity contribution in [1.82, 2.24) is 14.9 Å². The van der Waals surface area contributed by atoms with E-state index in [2.05, 4.69) is 15.5 Å². The minimum absolute atomic E-state index is 0.00499. The Bertz CT molecular complexity index is 1020. The predicted octanol–water partition coefficient (Wildman–Crippen LogP) is 2.96. The summed E-state index contributed by atoms with van der Waals surface area (Å²) in [4.78, 5) is 21.4. The van der Waals surface area contributed by atoms with Crippen molar-refractivity contribution in [3.63, 3.8) is 0 Å². The van der Waals surface area contributed by atoms with Gasteiger partial charge in [0.05, 0.1) is 12.0 Å². The van der Waals surface area contributed by atoms with Gasteiger partial charge in [-0.2, -0.15) is 0 Å². The van der Waals surface area contributed by atoms with Crippen molar-refractivity contribution in [2.45, 2.75) is 19.1 Å². The Labute approximate surface area is 159 Å². The number of aromatic nitrogens is 2. The molecule has 0 spiro atoms. The van der Waals surface area contributed by atoms with Crippen LogP contribution in [-0.2, 0) is 16.2 Å². The van der Waals surface area contributed by atoms with E-state index in [-0.39, 0.29) is 23.6 Å². The van der Waals surface area contributed by atoms with Crippen LogP contribution in [0.4, 0.5) is 8.78 Å². The number of hydrogen-bond donors (Lipinski definition) is 1. The zero-order valence-electron chi connectivity index (χ0n) is 14.7. The summed E-state index contributed by atoms with van der Waals surface area (Å²) in [6.45, 7) is 0.312. The molecule has 1 aliphatic heterocycles. The Hall–Kier alpha value is -3.55. The van der Waals surface area contributed by atoms with Gasteiger partial charge < -0.3 is 14.7 Å². The Morgan fingerprint density at radius 1 is 1.21 bits per heavy atom. The van der Waals surface area contributed by atoms with Crippen LogP contribution in [0.15, 0.2) is 66.3 Å². The van der Waals surface area contributed by atoms with Crippen LogP contribution in [0.1, 0.15) is 17.5 Å². The Kier molecular flexibility index (Phi) is 4.84. The van der Waals surface area contributed by atoms with E-state index in [1.807, 2.05) is 35.0 Å². The lowest BCUT2D eigenvalue weighted by atomic mass is 10.0. The molecule has 0 aliphatic carbocycles. The summed E-state index contributed by atoms with van der Waals surface area (Å²) in [6.07, 6.45) is 4.44. The molecule has 1 aliphatic rings. The standard InChI is InChI=1S/C20H16F2N4O2/c21-14-3-6-17(22)16(9-14)18-10-19(28-25-18)20(27)24-11-13-1-4-15(5-2-13)26-8-7-23-12-26/h1-9,12,19H,10-11H2,(H,24,27). The number of nitrogens with one attached hydrogen (secondary N) is 1. The van der Waals surface area contributed by atoms with E-state index in [4.69, 9.17) is 4.84 Å². The fourth-order valence-electron chi connectivity index (χ4n) is 2.90. The van der Waals surface area contributed by atoms with Crippen molar-refractivity contribution < 1.29 is 18.4 Å². The second-order valence-corrected chi connectivity index (χ2v) is 6.31. The molecule has 2 heterocycles. The first-order valence-electron chi connectivity index (χ1n) is 8.63. The van der Waals surface area contributed by atoms with Gasteiger partial charge in [-0.05, 0) is 35.9 Å². The maximum Gasteiger partial charge on any atom is 0.264 e. The molecule has 1 aromatic heterocycles. The first-order chi connectivity index (χ1) is 13.6. The fraction of sp³-hybridized carbons (Fsp3) is 0.150. The molecule has 3 aromatic rings. The summed E-state index contributed by atoms with van der Waals surface area (Å²) >= 11 is 0. The van der Waals surface area contributed by atoms with Crippen molar-refractivity contribution in [3.8, 4) is 5.69 Å². The third-order valence-corrected chi connectivity index (χ3v) is 4.41. The summed E-state index contributed by atoms with van der Waals surface area (Å²) in [6, 6.07) is 10.7. The molecule has 1 N–H and O–H groups in total. The molecule has 1 unspecified atom stereocenters. The molecule has 6 nitrogen and oxygen atoms in total. The summed E-state index contributed by atoms with van der Waals surface area (Å²) in [5.41, 5.74) is 2.08. The molecule has 0 bridgehead atoms. The summed E-state index contributed by atoms with van der Waals surface area (Å²) in [7, 11) is 0. The monoisotopic (exact) mass is 382 g/mol. The average Bonchev–Trinajstić information content (AvgIpc) is 3.41. The number of benzene rings is 2. The van der Waals surface area contributed by atoms with Gasteiger partial charge in [0.2, 0.25) is 6.10 Å². The molecule has 1 amide bonds. The molecule has 0 radical (unpaired) electrons. The number of carbonyl (C=O) groups is 1. The number of rotatable bonds is 5. The number of hydrogen-bond acceptors (Lipinski definition) is 4. The van der Waals surface area contributed by atoms with Gasteiger partial charge >= 0.3 is 0 Å². The normalized spacial score (nSPS) is 15.8. The number of imidazole rings is 1. The topological polar surface area (TPSA) is 68.5 Å². The Morgan fingerprint density at radius 2 is 2.04 bits per heavy atom. The maximum atomic E-state index is 13.8. The molecule has 8 heteroatoms. The number of amides is 1. The molecule has 0 saturated carbocycles. The quantitative estimate of drug-likeness (QED) is 0.738. The minimum Gasteiger partial charge on any atom is -0.382 e. The second-order valence-electron chi connectivity index (χ2n) is 6.31. The highest BCUT2D eigenvalue weighted by Crippen LogP contribution is 2.20. The van der Waals surface area contributed by atoms with E-state index in [1.165, 1.54) is 0 Å². The van der Waals surface area contributed by atoms with E-state index < -0.39 is 17.7 Å². The van der Waals surface area contributed by atoms with E-state index in [9.17, 15) is 13.6 Å². The van der Waals surface area contributed by atoms with Crippen molar-refractivity contribution in [2.75, 3.05) is 0 Å². The van der Waals surface area contributed by atoms with Crippen LogP contribution >= 0.6 is 0 Å². The van der Waals surface area contributed by atoms with Gasteiger partial charge in [0.15, 0.2) is 0 Å². The molecule has 2 aromatic carbocycles. The minimum atomic E-state index is -0.872. The van der Waals surface area contributed by atoms with Gasteiger partial charge in [0.25, 0.3) is 5.91 Å². The van der Waals surface area contributed by atoms with Crippen molar-refractivity contribution in [3.05, 3.63) is 83.9 Å². The molecule has 1 atom stereocenters. The van der Waals surface area contributed by atoms with E-state index in [0.717, 1.165) is 29.4 Å². The molecule has 4 rings (SSSR count). The molecular formula is C20H16F2N4O2. The van der Waals surface area contributed by atoms with Gasteiger partial charge in [0, 0.05) is 36.6 Å². The second kappa shape index (κ2) is 7.59. The number of oxime groups is 1. The van der Waals surface area contributed by atoms with Gasteiger partial charge in [-0.25, -0.2) is 13.8 Å². The lowest BCUT2D eigenvalue weighted by Crippen LogP contribution is -2.34. The van der Waals surface area contributed by atoms with Crippen LogP contribution in [0.25, 0.3) is 5.69 Å². The number of carbonyl (C=O) groups excluding carboxylic acids is 1. The number of halogens is 2. The van der Waals surface area contributed by atoms with Gasteiger partial charge in [-0.15, -0.1) is 0 Å². The van der Waals surface area contributed by atoms with Gasteiger partial charge in [0.1, 0.15) is 11.6 Å². The van der Waals surface area contributed by atoms with Crippen LogP contribution < -0.4 is 5.32 Å². The van der Waals surface area contributed by atoms with Crippen molar-refractivity contribution in [1.29, 1.82) is 0 Å². The zero-order valence-corrected chi connectivity index (χ0v) is 14.7. The molecule has 28 heavy (non-hydrogen) atoms. The first-order valence-corrected chi connectivity index (χ1v) is 8.63. The zero-order chi connectivity index (χ0) is 19.5. The van der Waals surface area contributed by atoms with Gasteiger partial charge in [-0.3, -0.25) is 4.79 Å². The van der Waals surface area contributed by atoms with E-state index >= 15 is 0 Å². The summed E-state index contributed by atoms with van der Waals surface area (Å²) in [5, 5.41) is 6.51. The van der Waals surface area contributed by atoms with Crippen molar-refractivity contribution in [2.24, 2.45) is 5.16 Å². The Morgan fingerprint density at radius 3 is 2.79 bits per heavy atom. The molecule has 0 fully saturated rings. The fourth-order valence-corrected chi connectivity index (χ4v) is 2.90. The maximum absolute atomic E-state index is 13.8. The summed E-state index contributed by atoms with van der Waals surface area (Å²) < 4.78 is 29.1. The number of nitrogens with zero attached hydrogens (tertiary/aromatic N) is 3. The van der Waals surface area contributed by atoms with E-state index in [0.29, 0.717) is 6.54 Å². The molecular weight excluding hydrogens is 366 g/mol. The average molecular weight is 382 g/mol. The van der Waals surface area contributed by atoms with Crippen LogP contribution in [0.5, 0.6) is 0 Å². The third kappa shape index (κ3) is 3.75. The predicted molar refractivity (Wildman–Crippen MR) is 97.8 cm³/mol. The van der Waals surface area contributed by atoms with Crippen LogP contribution in [0.3, 0.4) is 0 Å². The highest BCUT2D eigenvalue weighted by molar-refractivity contribution is 6.04. The lowest BCUT2D eigenvalue weighted by Gasteiger charge is -2.10. The van der Waals surface area contributed by atoms with Crippen LogP contribution in [0.2, 0.25) is 0 Å². The highest BCUT2D eigenvalue weighted by Gasteiger charge is 2.30. The lowest BCUT2D eigenvalue weighted by molar-refractivity contribution is -0.131. The largest absolute Gasteiger partial charge is 0.382 e. The smallest absolute Gasteiger partial charge is 0.264 e.